The molecular weight excluding hydrogens is 397 g/mol. The monoisotopic (exact) mass is 415 g/mol. The molecule has 0 saturated carbocycles. The molecule has 1 N–H and O–H groups in total. The lowest BCUT2D eigenvalue weighted by Crippen LogP contribution is -2.33. The molecule has 2 amide bonds. The third-order valence-electron chi connectivity index (χ3n) is 4.50. The summed E-state index contributed by atoms with van der Waals surface area (Å²) in [5.74, 6) is 0.507. The fourth-order valence-corrected chi connectivity index (χ4v) is 4.15. The summed E-state index contributed by atoms with van der Waals surface area (Å²) < 4.78 is 23.9. The number of thioether (sulfide) groups is 1. The maximum atomic E-state index is 13.2. The number of amides is 2. The van der Waals surface area contributed by atoms with Crippen molar-refractivity contribution in [2.45, 2.75) is 18.2 Å². The molecule has 2 heterocycles. The molecular formula is C20H18FN3O4S. The second-order valence-corrected chi connectivity index (χ2v) is 7.64. The average molecular weight is 415 g/mol. The van der Waals surface area contributed by atoms with Crippen LogP contribution in [0.3, 0.4) is 0 Å². The van der Waals surface area contributed by atoms with E-state index in [4.69, 9.17) is 9.47 Å². The van der Waals surface area contributed by atoms with E-state index in [9.17, 15) is 14.0 Å². The van der Waals surface area contributed by atoms with Crippen LogP contribution < -0.4 is 14.8 Å². The van der Waals surface area contributed by atoms with Crippen LogP contribution in [0.15, 0.2) is 47.5 Å². The van der Waals surface area contributed by atoms with Crippen molar-refractivity contribution in [3.63, 3.8) is 0 Å². The first-order chi connectivity index (χ1) is 14.0. The van der Waals surface area contributed by atoms with Crippen LogP contribution in [-0.2, 0) is 16.1 Å². The van der Waals surface area contributed by atoms with Gasteiger partial charge < -0.3 is 14.8 Å². The highest BCUT2D eigenvalue weighted by atomic mass is 32.2. The molecule has 9 heteroatoms. The van der Waals surface area contributed by atoms with Gasteiger partial charge >= 0.3 is 0 Å². The van der Waals surface area contributed by atoms with Crippen LogP contribution in [0.4, 0.5) is 10.1 Å². The van der Waals surface area contributed by atoms with E-state index < -0.39 is 5.25 Å². The van der Waals surface area contributed by atoms with Gasteiger partial charge in [0.2, 0.25) is 18.6 Å². The van der Waals surface area contributed by atoms with Crippen molar-refractivity contribution in [1.82, 2.24) is 10.2 Å². The number of rotatable bonds is 5. The summed E-state index contributed by atoms with van der Waals surface area (Å²) in [4.78, 5) is 30.8. The molecule has 7 nitrogen and oxygen atoms in total. The quantitative estimate of drug-likeness (QED) is 0.812. The molecule has 0 aliphatic carbocycles. The van der Waals surface area contributed by atoms with Crippen molar-refractivity contribution in [2.24, 2.45) is 4.99 Å². The van der Waals surface area contributed by atoms with E-state index in [0.717, 1.165) is 5.56 Å². The molecule has 2 aromatic carbocycles. The molecule has 0 spiro atoms. The van der Waals surface area contributed by atoms with Gasteiger partial charge in [-0.2, -0.15) is 0 Å². The maximum Gasteiger partial charge on any atom is 0.242 e. The lowest BCUT2D eigenvalue weighted by Gasteiger charge is -2.17. The summed E-state index contributed by atoms with van der Waals surface area (Å²) in [5.41, 5.74) is 1.37. The van der Waals surface area contributed by atoms with Gasteiger partial charge in [0.1, 0.15) is 11.1 Å². The highest BCUT2D eigenvalue weighted by Crippen LogP contribution is 2.36. The number of hydrogen-bond acceptors (Lipinski definition) is 6. The van der Waals surface area contributed by atoms with Crippen LogP contribution in [0.1, 0.15) is 12.0 Å². The van der Waals surface area contributed by atoms with E-state index in [1.165, 1.54) is 43.1 Å². The van der Waals surface area contributed by atoms with Gasteiger partial charge in [-0.3, -0.25) is 14.5 Å². The van der Waals surface area contributed by atoms with Crippen LogP contribution >= 0.6 is 11.8 Å². The predicted molar refractivity (Wildman–Crippen MR) is 107 cm³/mol. The SMILES string of the molecule is CNC(=O)CC1SC(=Nc2ccc(F)cc2)N(Cc2ccc3c(c2)OCO3)C1=O. The first-order valence-corrected chi connectivity index (χ1v) is 9.83. The first-order valence-electron chi connectivity index (χ1n) is 8.95. The summed E-state index contributed by atoms with van der Waals surface area (Å²) in [5, 5.41) is 2.44. The van der Waals surface area contributed by atoms with Gasteiger partial charge in [-0.05, 0) is 42.0 Å². The standard InChI is InChI=1S/C20H18FN3O4S/c1-22-18(25)9-17-19(26)24(10-12-2-7-15-16(8-12)28-11-27-15)20(29-17)23-14-5-3-13(21)4-6-14/h2-8,17H,9-11H2,1H3,(H,22,25). The molecule has 1 fully saturated rings. The van der Waals surface area contributed by atoms with Crippen molar-refractivity contribution < 1.29 is 23.5 Å². The summed E-state index contributed by atoms with van der Waals surface area (Å²) in [6.45, 7) is 0.440. The Morgan fingerprint density at radius 1 is 1.24 bits per heavy atom. The van der Waals surface area contributed by atoms with E-state index in [1.54, 1.807) is 11.0 Å². The normalized spacial score (nSPS) is 19.1. The van der Waals surface area contributed by atoms with Gasteiger partial charge in [0.05, 0.1) is 12.2 Å². The van der Waals surface area contributed by atoms with E-state index in [1.807, 2.05) is 12.1 Å². The Kier molecular flexibility index (Phi) is 5.39. The van der Waals surface area contributed by atoms with Gasteiger partial charge in [-0.1, -0.05) is 17.8 Å². The van der Waals surface area contributed by atoms with Crippen molar-refractivity contribution >= 4 is 34.4 Å². The van der Waals surface area contributed by atoms with Crippen LogP contribution in [-0.4, -0.2) is 41.0 Å². The Bertz CT molecular complexity index is 980. The van der Waals surface area contributed by atoms with E-state index >= 15 is 0 Å². The molecule has 29 heavy (non-hydrogen) atoms. The number of halogens is 1. The number of benzene rings is 2. The van der Waals surface area contributed by atoms with Crippen LogP contribution in [0.2, 0.25) is 0 Å². The van der Waals surface area contributed by atoms with Crippen molar-refractivity contribution in [2.75, 3.05) is 13.8 Å². The van der Waals surface area contributed by atoms with Crippen molar-refractivity contribution in [3.8, 4) is 11.5 Å². The fourth-order valence-electron chi connectivity index (χ4n) is 2.99. The molecule has 1 unspecified atom stereocenters. The Morgan fingerprint density at radius 2 is 2.00 bits per heavy atom. The topological polar surface area (TPSA) is 80.2 Å². The molecule has 0 bridgehead atoms. The summed E-state index contributed by atoms with van der Waals surface area (Å²) in [7, 11) is 1.53. The number of nitrogens with one attached hydrogen (secondary N) is 1. The number of ether oxygens (including phenoxy) is 2. The number of fused-ring (bicyclic) bond motifs is 1. The molecule has 1 atom stereocenters. The van der Waals surface area contributed by atoms with Crippen LogP contribution in [0.25, 0.3) is 0 Å². The lowest BCUT2D eigenvalue weighted by molar-refractivity contribution is -0.129. The summed E-state index contributed by atoms with van der Waals surface area (Å²) in [6, 6.07) is 11.2. The minimum absolute atomic E-state index is 0.0556. The smallest absolute Gasteiger partial charge is 0.242 e. The molecule has 4 rings (SSSR count). The van der Waals surface area contributed by atoms with E-state index in [2.05, 4.69) is 10.3 Å². The Morgan fingerprint density at radius 3 is 2.76 bits per heavy atom. The third-order valence-corrected chi connectivity index (χ3v) is 5.67. The number of amidine groups is 1. The van der Waals surface area contributed by atoms with Gasteiger partial charge in [0.15, 0.2) is 16.7 Å². The number of nitrogens with zero attached hydrogens (tertiary/aromatic N) is 2. The Hall–Kier alpha value is -3.07. The highest BCUT2D eigenvalue weighted by Gasteiger charge is 2.39. The molecule has 150 valence electrons. The highest BCUT2D eigenvalue weighted by molar-refractivity contribution is 8.15. The summed E-state index contributed by atoms with van der Waals surface area (Å²) >= 11 is 1.23. The zero-order chi connectivity index (χ0) is 20.4. The molecule has 2 aliphatic rings. The fraction of sp³-hybridized carbons (Fsp3) is 0.250. The van der Waals surface area contributed by atoms with Crippen LogP contribution in [0.5, 0.6) is 11.5 Å². The largest absolute Gasteiger partial charge is 0.454 e. The second-order valence-electron chi connectivity index (χ2n) is 6.47. The van der Waals surface area contributed by atoms with Crippen LogP contribution in [0, 0.1) is 5.82 Å². The minimum atomic E-state index is -0.567. The maximum absolute atomic E-state index is 13.2. The zero-order valence-corrected chi connectivity index (χ0v) is 16.4. The minimum Gasteiger partial charge on any atom is -0.454 e. The number of aliphatic imine (C=N–C) groups is 1. The second kappa shape index (κ2) is 8.12. The predicted octanol–water partition coefficient (Wildman–Crippen LogP) is 2.82. The first kappa shape index (κ1) is 19.3. The average Bonchev–Trinajstić information content (AvgIpc) is 3.29. The Balaban J connectivity index is 1.62. The van der Waals surface area contributed by atoms with Gasteiger partial charge in [0, 0.05) is 13.5 Å². The Labute approximate surface area is 170 Å². The third kappa shape index (κ3) is 4.19. The van der Waals surface area contributed by atoms with Gasteiger partial charge in [-0.15, -0.1) is 0 Å². The summed E-state index contributed by atoms with van der Waals surface area (Å²) in [6.07, 6.45) is 0.0556. The van der Waals surface area contributed by atoms with Crippen molar-refractivity contribution in [3.05, 3.63) is 53.8 Å². The molecule has 0 aromatic heterocycles. The van der Waals surface area contributed by atoms with E-state index in [0.29, 0.717) is 22.4 Å². The number of hydrogen-bond donors (Lipinski definition) is 1. The van der Waals surface area contributed by atoms with Gasteiger partial charge in [-0.25, -0.2) is 9.38 Å². The number of carbonyl (C=O) groups is 2. The molecule has 0 radical (unpaired) electrons. The molecule has 2 aliphatic heterocycles. The van der Waals surface area contributed by atoms with Gasteiger partial charge in [0.25, 0.3) is 0 Å². The zero-order valence-electron chi connectivity index (χ0n) is 15.6. The van der Waals surface area contributed by atoms with E-state index in [-0.39, 0.29) is 37.4 Å². The van der Waals surface area contributed by atoms with Crippen molar-refractivity contribution in [1.29, 1.82) is 0 Å². The number of carbonyl (C=O) groups excluding carboxylic acids is 2. The molecule has 2 aromatic rings. The lowest BCUT2D eigenvalue weighted by atomic mass is 10.1. The molecule has 1 saturated heterocycles.